The first kappa shape index (κ1) is 8.49. The Balaban J connectivity index is 2.24. The molecule has 4 heteroatoms. The van der Waals surface area contributed by atoms with E-state index in [4.69, 9.17) is 1.43 Å². The summed E-state index contributed by atoms with van der Waals surface area (Å²) in [4.78, 5) is 13.9. The van der Waals surface area contributed by atoms with E-state index in [1.165, 1.54) is 0 Å². The first-order valence-electron chi connectivity index (χ1n) is 5.03. The van der Waals surface area contributed by atoms with E-state index in [-0.39, 0.29) is 6.42 Å². The summed E-state index contributed by atoms with van der Waals surface area (Å²) in [6.07, 6.45) is 0.587. The minimum Gasteiger partial charge on any atom is -0.479 e. The number of aliphatic hydroxyl groups is 1. The second kappa shape index (κ2) is 3.74. The molecule has 0 aliphatic heterocycles. The quantitative estimate of drug-likeness (QED) is 0.705. The van der Waals surface area contributed by atoms with Crippen LogP contribution < -0.4 is 0 Å². The van der Waals surface area contributed by atoms with Gasteiger partial charge in [0.1, 0.15) is 0 Å². The average Bonchev–Trinajstić information content (AvgIpc) is 2.72. The predicted octanol–water partition coefficient (Wildman–Crippen LogP) is 1.16. The largest absolute Gasteiger partial charge is 0.479 e. The number of rotatable bonds is 3. The van der Waals surface area contributed by atoms with Crippen LogP contribution in [-0.2, 0) is 11.2 Å². The molecule has 4 nitrogen and oxygen atoms in total. The molecule has 1 aromatic heterocycles. The fourth-order valence-corrected chi connectivity index (χ4v) is 1.59. The van der Waals surface area contributed by atoms with Gasteiger partial charge in [0.2, 0.25) is 0 Å². The molecular formula is C11H11NO3. The zero-order chi connectivity index (χ0) is 11.5. The van der Waals surface area contributed by atoms with Crippen LogP contribution in [0.5, 0.6) is 0 Å². The molecule has 0 fully saturated rings. The van der Waals surface area contributed by atoms with Crippen LogP contribution in [0.3, 0.4) is 0 Å². The van der Waals surface area contributed by atoms with Crippen molar-refractivity contribution in [3.63, 3.8) is 0 Å². The smallest absolute Gasteiger partial charge is 0.332 e. The van der Waals surface area contributed by atoms with E-state index in [0.29, 0.717) is 0 Å². The van der Waals surface area contributed by atoms with Crippen LogP contribution in [0.15, 0.2) is 30.5 Å². The van der Waals surface area contributed by atoms with Crippen molar-refractivity contribution in [3.8, 4) is 0 Å². The van der Waals surface area contributed by atoms with Gasteiger partial charge in [0.25, 0.3) is 1.43 Å². The van der Waals surface area contributed by atoms with Crippen LogP contribution in [0.1, 0.15) is 5.56 Å². The van der Waals surface area contributed by atoms with Gasteiger partial charge >= 0.3 is 5.97 Å². The number of carboxylic acid groups (broad SMARTS) is 1. The van der Waals surface area contributed by atoms with Gasteiger partial charge in [-0.1, -0.05) is 18.2 Å². The van der Waals surface area contributed by atoms with E-state index in [1.54, 1.807) is 6.20 Å². The lowest BCUT2D eigenvalue weighted by molar-refractivity contribution is -0.146. The Morgan fingerprint density at radius 1 is 1.53 bits per heavy atom. The summed E-state index contributed by atoms with van der Waals surface area (Å²) in [5.74, 6) is -0.940. The van der Waals surface area contributed by atoms with Gasteiger partial charge < -0.3 is 15.2 Å². The Kier molecular flexibility index (Phi) is 2.12. The molecule has 0 aliphatic carbocycles. The molecule has 78 valence electrons. The highest BCUT2D eigenvalue weighted by Crippen LogP contribution is 2.18. The molecule has 0 spiro atoms. The van der Waals surface area contributed by atoms with E-state index >= 15 is 0 Å². The number of benzene rings is 1. The van der Waals surface area contributed by atoms with Gasteiger partial charge in [0, 0.05) is 23.5 Å². The first-order chi connectivity index (χ1) is 7.72. The van der Waals surface area contributed by atoms with Crippen molar-refractivity contribution in [1.82, 2.24) is 4.98 Å². The SMILES string of the molecule is [2H]OC(=O)C(O)Cc1c[nH]c2ccccc12. The second-order valence-corrected chi connectivity index (χ2v) is 3.40. The third-order valence-corrected chi connectivity index (χ3v) is 2.36. The molecule has 2 aromatic rings. The maximum Gasteiger partial charge on any atom is 0.332 e. The van der Waals surface area contributed by atoms with Gasteiger partial charge in [-0.05, 0) is 11.6 Å². The molecular weight excluding hydrogens is 194 g/mol. The minimum atomic E-state index is -1.29. The van der Waals surface area contributed by atoms with Crippen molar-refractivity contribution in [1.29, 1.82) is 1.43 Å². The molecule has 1 atom stereocenters. The molecule has 3 N–H and O–H groups in total. The molecule has 1 aromatic carbocycles. The van der Waals surface area contributed by atoms with E-state index < -0.39 is 12.1 Å². The molecule has 2 rings (SSSR count). The average molecular weight is 206 g/mol. The van der Waals surface area contributed by atoms with Crippen LogP contribution in [-0.4, -0.2) is 27.3 Å². The highest BCUT2D eigenvalue weighted by molar-refractivity contribution is 5.84. The normalized spacial score (nSPS) is 13.5. The second-order valence-electron chi connectivity index (χ2n) is 3.40. The van der Waals surface area contributed by atoms with E-state index in [9.17, 15) is 9.90 Å². The summed E-state index contributed by atoms with van der Waals surface area (Å²) in [5, 5.41) is 14.1. The van der Waals surface area contributed by atoms with Crippen molar-refractivity contribution in [2.75, 3.05) is 0 Å². The fraction of sp³-hybridized carbons (Fsp3) is 0.182. The number of carbonyl (C=O) groups is 1. The number of carboxylic acids is 1. The maximum absolute atomic E-state index is 10.9. The third-order valence-electron chi connectivity index (χ3n) is 2.36. The van der Waals surface area contributed by atoms with Crippen LogP contribution in [0.4, 0.5) is 0 Å². The number of para-hydroxylation sites is 1. The number of aromatic nitrogens is 1. The summed E-state index contributed by atoms with van der Waals surface area (Å²) in [6.45, 7) is 0. The molecule has 0 amide bonds. The molecule has 0 radical (unpaired) electrons. The number of hydrogen-bond acceptors (Lipinski definition) is 3. The lowest BCUT2D eigenvalue weighted by Crippen LogP contribution is -2.21. The van der Waals surface area contributed by atoms with E-state index in [0.717, 1.165) is 16.5 Å². The van der Waals surface area contributed by atoms with Gasteiger partial charge in [0.05, 0.1) is 0 Å². The van der Waals surface area contributed by atoms with E-state index in [2.05, 4.69) is 10.1 Å². The number of H-pyrrole nitrogens is 1. The molecule has 1 heterocycles. The maximum atomic E-state index is 10.9. The summed E-state index contributed by atoms with van der Waals surface area (Å²) >= 11 is 0. The number of aliphatic hydroxyl groups excluding tert-OH is 1. The zero-order valence-electron chi connectivity index (χ0n) is 8.93. The highest BCUT2D eigenvalue weighted by atomic mass is 16.4. The van der Waals surface area contributed by atoms with Crippen LogP contribution in [0.25, 0.3) is 12.3 Å². The Morgan fingerprint density at radius 3 is 3.13 bits per heavy atom. The number of hydrogen-bond donors (Lipinski definition) is 3. The summed E-state index contributed by atoms with van der Waals surface area (Å²) < 4.78 is 6.41. The minimum absolute atomic E-state index is 0.141. The van der Waals surface area contributed by atoms with Crippen molar-refractivity contribution in [2.24, 2.45) is 0 Å². The summed E-state index contributed by atoms with van der Waals surface area (Å²) in [6, 6.07) is 7.60. The molecule has 0 bridgehead atoms. The number of nitrogens with one attached hydrogen (secondary N) is 1. The van der Waals surface area contributed by atoms with Crippen molar-refractivity contribution in [3.05, 3.63) is 36.0 Å². The highest BCUT2D eigenvalue weighted by Gasteiger charge is 2.15. The Bertz CT molecular complexity index is 509. The van der Waals surface area contributed by atoms with Crippen LogP contribution >= 0.6 is 0 Å². The summed E-state index contributed by atoms with van der Waals surface area (Å²) in [5.41, 5.74) is 1.78. The molecule has 1 unspecified atom stereocenters. The number of aromatic amines is 1. The van der Waals surface area contributed by atoms with Gasteiger partial charge in [-0.2, -0.15) is 0 Å². The van der Waals surface area contributed by atoms with Crippen LogP contribution in [0.2, 0.25) is 0 Å². The van der Waals surface area contributed by atoms with Gasteiger partial charge in [-0.3, -0.25) is 0 Å². The molecule has 0 saturated heterocycles. The standard InChI is InChI=1S/C11H11NO3/c13-10(11(14)15)5-7-6-12-9-4-2-1-3-8(7)9/h1-4,6,10,12-13H,5H2,(H,14,15)/i/hD. The lowest BCUT2D eigenvalue weighted by atomic mass is 10.1. The third kappa shape index (κ3) is 1.85. The van der Waals surface area contributed by atoms with E-state index in [1.807, 2.05) is 24.3 Å². The summed E-state index contributed by atoms with van der Waals surface area (Å²) in [7, 11) is 0. The molecule has 0 saturated carbocycles. The Hall–Kier alpha value is -1.81. The van der Waals surface area contributed by atoms with Gasteiger partial charge in [-0.15, -0.1) is 0 Å². The fourth-order valence-electron chi connectivity index (χ4n) is 1.59. The number of fused-ring (bicyclic) bond motifs is 1. The predicted molar refractivity (Wildman–Crippen MR) is 55.6 cm³/mol. The number of aliphatic carboxylic acids is 1. The first-order valence-corrected chi connectivity index (χ1v) is 4.62. The van der Waals surface area contributed by atoms with Gasteiger partial charge in [-0.25, -0.2) is 4.79 Å². The monoisotopic (exact) mass is 206 g/mol. The van der Waals surface area contributed by atoms with Crippen molar-refractivity contribution >= 4 is 16.9 Å². The van der Waals surface area contributed by atoms with Crippen molar-refractivity contribution < 1.29 is 15.0 Å². The van der Waals surface area contributed by atoms with Crippen LogP contribution in [0, 0.1) is 0 Å². The van der Waals surface area contributed by atoms with Crippen molar-refractivity contribution in [2.45, 2.75) is 12.5 Å². The topological polar surface area (TPSA) is 73.3 Å². The Morgan fingerprint density at radius 2 is 2.33 bits per heavy atom. The molecule has 15 heavy (non-hydrogen) atoms. The molecule has 0 aliphatic rings. The Labute approximate surface area is 87.7 Å². The van der Waals surface area contributed by atoms with Gasteiger partial charge in [0.15, 0.2) is 6.10 Å². The lowest BCUT2D eigenvalue weighted by Gasteiger charge is -2.03. The zero-order valence-corrected chi connectivity index (χ0v) is 7.93.